The van der Waals surface area contributed by atoms with Gasteiger partial charge in [-0.2, -0.15) is 0 Å². The van der Waals surface area contributed by atoms with E-state index in [9.17, 15) is 9.59 Å². The topological polar surface area (TPSA) is 58.6 Å². The molecule has 2 rings (SSSR count). The molecule has 0 spiro atoms. The van der Waals surface area contributed by atoms with E-state index < -0.39 is 0 Å². The van der Waals surface area contributed by atoms with Crippen molar-refractivity contribution in [1.82, 2.24) is 10.2 Å². The van der Waals surface area contributed by atoms with Gasteiger partial charge in [0.15, 0.2) is 0 Å². The smallest absolute Gasteiger partial charge is 0.328 e. The fourth-order valence-corrected chi connectivity index (χ4v) is 4.10. The summed E-state index contributed by atoms with van der Waals surface area (Å²) in [5.41, 5.74) is 1.16. The molecule has 1 N–H and O–H groups in total. The van der Waals surface area contributed by atoms with E-state index in [4.69, 9.17) is 4.74 Å². The Morgan fingerprint density at radius 2 is 1.86 bits per heavy atom. The van der Waals surface area contributed by atoms with E-state index in [1.54, 1.807) is 13.0 Å². The van der Waals surface area contributed by atoms with E-state index in [0.717, 1.165) is 18.5 Å². The summed E-state index contributed by atoms with van der Waals surface area (Å²) < 4.78 is 7.52. The molecule has 0 unspecified atom stereocenters. The maximum Gasteiger partial charge on any atom is 0.328 e. The number of imide groups is 1. The van der Waals surface area contributed by atoms with Gasteiger partial charge in [0, 0.05) is 6.54 Å². The number of benzene rings is 1. The SMILES string of the molecule is CCOc1c(I)cc(/C=C2/NC(=O)N(CC)C2=O)cc1I. The number of halogens is 2. The van der Waals surface area contributed by atoms with Crippen molar-refractivity contribution >= 4 is 63.2 Å². The van der Waals surface area contributed by atoms with Crippen molar-refractivity contribution in [2.24, 2.45) is 0 Å². The van der Waals surface area contributed by atoms with Crippen LogP contribution in [0.25, 0.3) is 6.08 Å². The summed E-state index contributed by atoms with van der Waals surface area (Å²) in [6.07, 6.45) is 1.69. The molecule has 0 radical (unpaired) electrons. The summed E-state index contributed by atoms with van der Waals surface area (Å²) in [7, 11) is 0. The zero-order chi connectivity index (χ0) is 15.6. The van der Waals surface area contributed by atoms with E-state index in [0.29, 0.717) is 18.8 Å². The van der Waals surface area contributed by atoms with Gasteiger partial charge in [-0.3, -0.25) is 9.69 Å². The first-order valence-electron chi connectivity index (χ1n) is 6.44. The third-order valence-corrected chi connectivity index (χ3v) is 4.50. The molecule has 1 fully saturated rings. The van der Waals surface area contributed by atoms with Gasteiger partial charge in [0.05, 0.1) is 13.7 Å². The van der Waals surface area contributed by atoms with E-state index in [1.807, 2.05) is 19.1 Å². The molecule has 112 valence electrons. The maximum atomic E-state index is 12.0. The second-order valence-electron chi connectivity index (χ2n) is 4.28. The number of carbonyl (C=O) groups excluding carboxylic acids is 2. The van der Waals surface area contributed by atoms with Crippen molar-refractivity contribution in [1.29, 1.82) is 0 Å². The summed E-state index contributed by atoms with van der Waals surface area (Å²) in [5.74, 6) is 0.555. The summed E-state index contributed by atoms with van der Waals surface area (Å²) in [5, 5.41) is 2.59. The van der Waals surface area contributed by atoms with Gasteiger partial charge in [-0.15, -0.1) is 0 Å². The number of carbonyl (C=O) groups is 2. The molecular weight excluding hydrogens is 498 g/mol. The first kappa shape index (κ1) is 16.5. The van der Waals surface area contributed by atoms with Crippen molar-refractivity contribution in [2.45, 2.75) is 13.8 Å². The van der Waals surface area contributed by atoms with Crippen molar-refractivity contribution in [2.75, 3.05) is 13.2 Å². The Hall–Kier alpha value is -0.840. The van der Waals surface area contributed by atoms with Crippen LogP contribution in [-0.2, 0) is 4.79 Å². The minimum atomic E-state index is -0.371. The molecule has 0 aliphatic carbocycles. The van der Waals surface area contributed by atoms with E-state index >= 15 is 0 Å². The third-order valence-electron chi connectivity index (χ3n) is 2.90. The second-order valence-corrected chi connectivity index (χ2v) is 6.61. The Bertz CT molecular complexity index is 606. The molecule has 0 atom stereocenters. The summed E-state index contributed by atoms with van der Waals surface area (Å²) >= 11 is 4.40. The molecule has 1 aromatic rings. The molecule has 7 heteroatoms. The van der Waals surface area contributed by atoms with Crippen LogP contribution in [-0.4, -0.2) is 30.0 Å². The van der Waals surface area contributed by atoms with Crippen molar-refractivity contribution in [3.8, 4) is 5.75 Å². The van der Waals surface area contributed by atoms with E-state index in [1.165, 1.54) is 4.90 Å². The molecule has 21 heavy (non-hydrogen) atoms. The van der Waals surface area contributed by atoms with Gasteiger partial charge in [-0.25, -0.2) is 4.79 Å². The van der Waals surface area contributed by atoms with Crippen LogP contribution in [0.5, 0.6) is 5.75 Å². The number of urea groups is 1. The van der Waals surface area contributed by atoms with Crippen LogP contribution in [0.1, 0.15) is 19.4 Å². The lowest BCUT2D eigenvalue weighted by Crippen LogP contribution is -2.30. The van der Waals surface area contributed by atoms with Crippen molar-refractivity contribution < 1.29 is 14.3 Å². The quantitative estimate of drug-likeness (QED) is 0.384. The fourth-order valence-electron chi connectivity index (χ4n) is 1.97. The molecular formula is C14H14I2N2O3. The Morgan fingerprint density at radius 1 is 1.24 bits per heavy atom. The molecule has 0 saturated carbocycles. The van der Waals surface area contributed by atoms with Gasteiger partial charge < -0.3 is 10.1 Å². The van der Waals surface area contributed by atoms with Gasteiger partial charge in [0.1, 0.15) is 11.4 Å². The molecule has 1 aromatic carbocycles. The van der Waals surface area contributed by atoms with Crippen molar-refractivity contribution in [3.05, 3.63) is 30.5 Å². The van der Waals surface area contributed by atoms with Crippen LogP contribution in [0.3, 0.4) is 0 Å². The maximum absolute atomic E-state index is 12.0. The highest BCUT2D eigenvalue weighted by molar-refractivity contribution is 14.1. The van der Waals surface area contributed by atoms with Gasteiger partial charge in [0.2, 0.25) is 0 Å². The van der Waals surface area contributed by atoms with E-state index in [-0.39, 0.29) is 11.9 Å². The number of hydrogen-bond acceptors (Lipinski definition) is 3. The summed E-state index contributed by atoms with van der Waals surface area (Å²) in [6.45, 7) is 4.67. The first-order valence-corrected chi connectivity index (χ1v) is 8.60. The van der Waals surface area contributed by atoms with E-state index in [2.05, 4.69) is 50.5 Å². The second kappa shape index (κ2) is 6.95. The minimum Gasteiger partial charge on any atom is -0.492 e. The first-order chi connectivity index (χ1) is 9.97. The predicted molar refractivity (Wildman–Crippen MR) is 96.9 cm³/mol. The fraction of sp³-hybridized carbons (Fsp3) is 0.286. The lowest BCUT2D eigenvalue weighted by atomic mass is 10.2. The largest absolute Gasteiger partial charge is 0.492 e. The molecule has 5 nitrogen and oxygen atoms in total. The number of nitrogens with zero attached hydrogens (tertiary/aromatic N) is 1. The van der Waals surface area contributed by atoms with Crippen LogP contribution < -0.4 is 10.1 Å². The monoisotopic (exact) mass is 512 g/mol. The predicted octanol–water partition coefficient (Wildman–Crippen LogP) is 3.21. The number of nitrogens with one attached hydrogen (secondary N) is 1. The zero-order valence-electron chi connectivity index (χ0n) is 11.6. The molecule has 1 aliphatic heterocycles. The Labute approximate surface area is 150 Å². The highest BCUT2D eigenvalue weighted by atomic mass is 127. The highest BCUT2D eigenvalue weighted by Gasteiger charge is 2.32. The highest BCUT2D eigenvalue weighted by Crippen LogP contribution is 2.30. The van der Waals surface area contributed by atoms with Crippen LogP contribution >= 0.6 is 45.2 Å². The van der Waals surface area contributed by atoms with Crippen LogP contribution in [0.15, 0.2) is 17.8 Å². The number of likely N-dealkylation sites (N-methyl/N-ethyl adjacent to an activating group) is 1. The molecule has 0 aromatic heterocycles. The number of ether oxygens (including phenoxy) is 1. The third kappa shape index (κ3) is 3.50. The molecule has 1 heterocycles. The molecule has 1 aliphatic rings. The molecule has 0 bridgehead atoms. The molecule has 1 saturated heterocycles. The number of amides is 3. The summed E-state index contributed by atoms with van der Waals surface area (Å²) in [6, 6.07) is 3.48. The standard InChI is InChI=1S/C14H14I2N2O3/c1-3-18-13(19)11(17-14(18)20)7-8-5-9(15)12(21-4-2)10(16)6-8/h5-7H,3-4H2,1-2H3,(H,17,20)/b11-7+. The van der Waals surface area contributed by atoms with Gasteiger partial charge in [-0.05, 0) is 82.8 Å². The minimum absolute atomic E-state index is 0.290. The summed E-state index contributed by atoms with van der Waals surface area (Å²) in [4.78, 5) is 24.8. The Kier molecular flexibility index (Phi) is 5.47. The average Bonchev–Trinajstić information content (AvgIpc) is 2.68. The van der Waals surface area contributed by atoms with Crippen LogP contribution in [0, 0.1) is 7.14 Å². The number of rotatable bonds is 4. The average molecular weight is 512 g/mol. The zero-order valence-corrected chi connectivity index (χ0v) is 15.9. The van der Waals surface area contributed by atoms with Gasteiger partial charge in [0.25, 0.3) is 5.91 Å². The number of hydrogen-bond donors (Lipinski definition) is 1. The van der Waals surface area contributed by atoms with Crippen LogP contribution in [0.4, 0.5) is 4.79 Å². The molecule has 3 amide bonds. The lowest BCUT2D eigenvalue weighted by Gasteiger charge is -2.09. The van der Waals surface area contributed by atoms with Crippen LogP contribution in [0.2, 0.25) is 0 Å². The lowest BCUT2D eigenvalue weighted by molar-refractivity contribution is -0.122. The van der Waals surface area contributed by atoms with Crippen molar-refractivity contribution in [3.63, 3.8) is 0 Å². The Balaban J connectivity index is 2.34. The normalized spacial score (nSPS) is 16.6. The Morgan fingerprint density at radius 3 is 2.33 bits per heavy atom. The van der Waals surface area contributed by atoms with Gasteiger partial charge >= 0.3 is 6.03 Å². The van der Waals surface area contributed by atoms with Gasteiger partial charge in [-0.1, -0.05) is 0 Å².